The highest BCUT2D eigenvalue weighted by Gasteiger charge is 2.16. The number of hydrogen-bond donors (Lipinski definition) is 4. The van der Waals surface area contributed by atoms with Crippen molar-refractivity contribution in [2.45, 2.75) is 40.0 Å². The van der Waals surface area contributed by atoms with E-state index in [0.29, 0.717) is 51.5 Å². The molecule has 5 nitrogen and oxygen atoms in total. The van der Waals surface area contributed by atoms with Gasteiger partial charge in [-0.05, 0) is 68.5 Å². The third-order valence-corrected chi connectivity index (χ3v) is 4.72. The molecule has 0 saturated carbocycles. The molecule has 0 aliphatic heterocycles. The van der Waals surface area contributed by atoms with E-state index in [0.717, 1.165) is 0 Å². The maximum absolute atomic E-state index is 12.1. The van der Waals surface area contributed by atoms with Crippen molar-refractivity contribution in [3.05, 3.63) is 45.5 Å². The van der Waals surface area contributed by atoms with Crippen LogP contribution in [0.4, 0.5) is 11.4 Å². The van der Waals surface area contributed by atoms with Crippen molar-refractivity contribution in [1.29, 1.82) is 0 Å². The van der Waals surface area contributed by atoms with E-state index in [9.17, 15) is 15.0 Å². The van der Waals surface area contributed by atoms with Gasteiger partial charge in [0, 0.05) is 17.0 Å². The SMILES string of the molecule is Cc1c(C)c(O)c(CCCC(=O)Nc2ccc(Cl)cc2N)c(C)c1O. The molecule has 2 rings (SSSR count). The molecule has 0 spiro atoms. The van der Waals surface area contributed by atoms with Crippen LogP contribution in [0.15, 0.2) is 18.2 Å². The standard InChI is InChI=1S/C19H23ClN2O3/c1-10-11(2)19(25)14(12(3)18(10)24)5-4-6-17(23)22-16-8-7-13(20)9-15(16)21/h7-9,24-25H,4-6,21H2,1-3H3,(H,22,23). The Bertz CT molecular complexity index is 790. The minimum Gasteiger partial charge on any atom is -0.507 e. The number of phenolic OH excluding ortho intramolecular Hbond substituents is 2. The summed E-state index contributed by atoms with van der Waals surface area (Å²) in [6.07, 6.45) is 1.31. The number of phenols is 2. The molecule has 0 aliphatic rings. The number of nitrogen functional groups attached to an aromatic ring is 1. The van der Waals surface area contributed by atoms with E-state index < -0.39 is 0 Å². The first-order valence-electron chi connectivity index (χ1n) is 8.07. The van der Waals surface area contributed by atoms with Crippen molar-refractivity contribution >= 4 is 28.9 Å². The van der Waals surface area contributed by atoms with Crippen LogP contribution in [0.5, 0.6) is 11.5 Å². The van der Waals surface area contributed by atoms with Gasteiger partial charge >= 0.3 is 0 Å². The van der Waals surface area contributed by atoms with Crippen LogP contribution in [0, 0.1) is 20.8 Å². The van der Waals surface area contributed by atoms with Crippen molar-refractivity contribution < 1.29 is 15.0 Å². The molecule has 25 heavy (non-hydrogen) atoms. The molecule has 0 heterocycles. The highest BCUT2D eigenvalue weighted by Crippen LogP contribution is 2.37. The van der Waals surface area contributed by atoms with Gasteiger partial charge in [-0.15, -0.1) is 0 Å². The molecule has 0 atom stereocenters. The van der Waals surface area contributed by atoms with Gasteiger partial charge in [-0.2, -0.15) is 0 Å². The second kappa shape index (κ2) is 7.66. The summed E-state index contributed by atoms with van der Waals surface area (Å²) in [6.45, 7) is 5.31. The highest BCUT2D eigenvalue weighted by atomic mass is 35.5. The van der Waals surface area contributed by atoms with Crippen LogP contribution in [-0.4, -0.2) is 16.1 Å². The molecule has 0 fully saturated rings. The lowest BCUT2D eigenvalue weighted by molar-refractivity contribution is -0.116. The summed E-state index contributed by atoms with van der Waals surface area (Å²) in [4.78, 5) is 12.1. The van der Waals surface area contributed by atoms with Crippen molar-refractivity contribution in [2.75, 3.05) is 11.1 Å². The minimum absolute atomic E-state index is 0.167. The molecule has 6 heteroatoms. The number of rotatable bonds is 5. The van der Waals surface area contributed by atoms with Gasteiger partial charge < -0.3 is 21.3 Å². The van der Waals surface area contributed by atoms with Crippen molar-refractivity contribution in [1.82, 2.24) is 0 Å². The van der Waals surface area contributed by atoms with E-state index in [-0.39, 0.29) is 23.8 Å². The summed E-state index contributed by atoms with van der Waals surface area (Å²) in [6, 6.07) is 4.90. The molecule has 2 aromatic rings. The number of anilines is 2. The zero-order chi connectivity index (χ0) is 18.7. The quantitative estimate of drug-likeness (QED) is 0.473. The maximum atomic E-state index is 12.1. The summed E-state index contributed by atoms with van der Waals surface area (Å²) in [5.41, 5.74) is 9.43. The fourth-order valence-corrected chi connectivity index (χ4v) is 2.96. The summed E-state index contributed by atoms with van der Waals surface area (Å²) < 4.78 is 0. The molecule has 0 bridgehead atoms. The third kappa shape index (κ3) is 4.17. The Hall–Kier alpha value is -2.40. The van der Waals surface area contributed by atoms with E-state index >= 15 is 0 Å². The highest BCUT2D eigenvalue weighted by molar-refractivity contribution is 6.31. The van der Waals surface area contributed by atoms with Crippen molar-refractivity contribution in [3.63, 3.8) is 0 Å². The average Bonchev–Trinajstić information content (AvgIpc) is 2.57. The summed E-state index contributed by atoms with van der Waals surface area (Å²) >= 11 is 5.83. The van der Waals surface area contributed by atoms with Crippen LogP contribution in [0.2, 0.25) is 5.02 Å². The van der Waals surface area contributed by atoms with Crippen LogP contribution in [0.1, 0.15) is 35.1 Å². The number of hydrogen-bond acceptors (Lipinski definition) is 4. The number of halogens is 1. The molecule has 1 amide bonds. The monoisotopic (exact) mass is 362 g/mol. The van der Waals surface area contributed by atoms with E-state index in [4.69, 9.17) is 17.3 Å². The van der Waals surface area contributed by atoms with E-state index in [1.807, 2.05) is 0 Å². The first kappa shape index (κ1) is 18.9. The Balaban J connectivity index is 2.00. The summed E-state index contributed by atoms with van der Waals surface area (Å²) in [5, 5.41) is 23.7. The minimum atomic E-state index is -0.167. The lowest BCUT2D eigenvalue weighted by atomic mass is 9.94. The van der Waals surface area contributed by atoms with Crippen LogP contribution < -0.4 is 11.1 Å². The van der Waals surface area contributed by atoms with Gasteiger partial charge in [-0.3, -0.25) is 4.79 Å². The van der Waals surface area contributed by atoms with Crippen LogP contribution >= 0.6 is 11.6 Å². The Morgan fingerprint density at radius 2 is 1.76 bits per heavy atom. The van der Waals surface area contributed by atoms with Gasteiger partial charge in [-0.25, -0.2) is 0 Å². The lowest BCUT2D eigenvalue weighted by Gasteiger charge is -2.16. The smallest absolute Gasteiger partial charge is 0.224 e. The first-order valence-corrected chi connectivity index (χ1v) is 8.45. The number of nitrogens with one attached hydrogen (secondary N) is 1. The Labute approximate surface area is 152 Å². The molecular formula is C19H23ClN2O3. The zero-order valence-corrected chi connectivity index (χ0v) is 15.4. The largest absolute Gasteiger partial charge is 0.507 e. The lowest BCUT2D eigenvalue weighted by Crippen LogP contribution is -2.13. The topological polar surface area (TPSA) is 95.6 Å². The zero-order valence-electron chi connectivity index (χ0n) is 14.6. The van der Waals surface area contributed by atoms with Gasteiger partial charge in [0.25, 0.3) is 0 Å². The molecule has 134 valence electrons. The molecule has 0 unspecified atom stereocenters. The fraction of sp³-hybridized carbons (Fsp3) is 0.316. The first-order chi connectivity index (χ1) is 11.7. The number of amides is 1. The molecule has 0 aliphatic carbocycles. The molecule has 0 radical (unpaired) electrons. The van der Waals surface area contributed by atoms with Crippen molar-refractivity contribution in [2.24, 2.45) is 0 Å². The van der Waals surface area contributed by atoms with Crippen LogP contribution in [0.25, 0.3) is 0 Å². The average molecular weight is 363 g/mol. The number of carbonyl (C=O) groups is 1. The normalized spacial score (nSPS) is 10.7. The van der Waals surface area contributed by atoms with Gasteiger partial charge in [0.2, 0.25) is 5.91 Å². The van der Waals surface area contributed by atoms with Gasteiger partial charge in [0.05, 0.1) is 11.4 Å². The number of nitrogens with two attached hydrogens (primary N) is 1. The maximum Gasteiger partial charge on any atom is 0.224 e. The second-order valence-electron chi connectivity index (χ2n) is 6.18. The predicted octanol–water partition coefficient (Wildman–Crippen LogP) is 4.22. The Morgan fingerprint density at radius 3 is 2.40 bits per heavy atom. The second-order valence-corrected chi connectivity index (χ2v) is 6.62. The molecule has 5 N–H and O–H groups in total. The van der Waals surface area contributed by atoms with Crippen molar-refractivity contribution in [3.8, 4) is 11.5 Å². The number of aromatic hydroxyl groups is 2. The summed E-state index contributed by atoms with van der Waals surface area (Å²) in [5.74, 6) is 0.220. The van der Waals surface area contributed by atoms with Crippen LogP contribution in [0.3, 0.4) is 0 Å². The number of benzene rings is 2. The van der Waals surface area contributed by atoms with E-state index in [1.54, 1.807) is 39.0 Å². The molecule has 0 aromatic heterocycles. The van der Waals surface area contributed by atoms with E-state index in [1.165, 1.54) is 0 Å². The Morgan fingerprint density at radius 1 is 1.12 bits per heavy atom. The molecule has 0 saturated heterocycles. The molecule has 2 aromatic carbocycles. The van der Waals surface area contributed by atoms with E-state index in [2.05, 4.69) is 5.32 Å². The number of carbonyl (C=O) groups excluding carboxylic acids is 1. The predicted molar refractivity (Wildman–Crippen MR) is 101 cm³/mol. The Kier molecular flexibility index (Phi) is 5.80. The molecular weight excluding hydrogens is 340 g/mol. The fourth-order valence-electron chi connectivity index (χ4n) is 2.78. The van der Waals surface area contributed by atoms with Crippen LogP contribution in [-0.2, 0) is 11.2 Å². The van der Waals surface area contributed by atoms with Gasteiger partial charge in [0.1, 0.15) is 11.5 Å². The van der Waals surface area contributed by atoms with Gasteiger partial charge in [0.15, 0.2) is 0 Å². The third-order valence-electron chi connectivity index (χ3n) is 4.48. The van der Waals surface area contributed by atoms with Gasteiger partial charge in [-0.1, -0.05) is 11.6 Å². The summed E-state index contributed by atoms with van der Waals surface area (Å²) in [7, 11) is 0.